The van der Waals surface area contributed by atoms with Gasteiger partial charge in [0.05, 0.1) is 12.6 Å². The van der Waals surface area contributed by atoms with E-state index in [1.807, 2.05) is 0 Å². The van der Waals surface area contributed by atoms with Crippen LogP contribution in [-0.2, 0) is 13.2 Å². The van der Waals surface area contributed by atoms with Gasteiger partial charge in [-0.2, -0.15) is 13.2 Å². The van der Waals surface area contributed by atoms with Crippen LogP contribution >= 0.6 is 0 Å². The van der Waals surface area contributed by atoms with E-state index in [2.05, 4.69) is 0 Å². The van der Waals surface area contributed by atoms with Gasteiger partial charge in [-0.25, -0.2) is 13.8 Å². The van der Waals surface area contributed by atoms with Crippen molar-refractivity contribution in [1.29, 1.82) is 0 Å². The van der Waals surface area contributed by atoms with Gasteiger partial charge in [0, 0.05) is 25.7 Å². The highest BCUT2D eigenvalue weighted by Crippen LogP contribution is 2.29. The van der Waals surface area contributed by atoms with E-state index in [-0.39, 0.29) is 0 Å². The van der Waals surface area contributed by atoms with E-state index < -0.39 is 17.8 Å². The van der Waals surface area contributed by atoms with Crippen LogP contribution in [0.3, 0.4) is 0 Å². The summed E-state index contributed by atoms with van der Waals surface area (Å²) in [6, 6.07) is 9.30. The first-order valence-corrected chi connectivity index (χ1v) is 7.74. The maximum atomic E-state index is 12.9. The number of rotatable bonds is 2. The molecule has 1 aromatic carbocycles. The van der Waals surface area contributed by atoms with Crippen LogP contribution in [0.4, 0.5) is 18.0 Å². The fourth-order valence-corrected chi connectivity index (χ4v) is 2.59. The zero-order chi connectivity index (χ0) is 19.1. The summed E-state index contributed by atoms with van der Waals surface area (Å²) in [6.45, 7) is 0. The second-order valence-corrected chi connectivity index (χ2v) is 6.04. The number of carbonyl (C=O) groups excluding carboxylic acids is 1. The van der Waals surface area contributed by atoms with Crippen LogP contribution < -0.4 is 9.14 Å². The summed E-state index contributed by atoms with van der Waals surface area (Å²) in [4.78, 5) is 13.0. The first-order valence-electron chi connectivity index (χ1n) is 7.74. The van der Waals surface area contributed by atoms with Crippen LogP contribution in [-0.4, -0.2) is 29.7 Å². The molecule has 0 atom stereocenters. The average molecular weight is 364 g/mol. The van der Waals surface area contributed by atoms with Crippen molar-refractivity contribution in [2.24, 2.45) is 7.05 Å². The normalized spacial score (nSPS) is 11.6. The van der Waals surface area contributed by atoms with E-state index >= 15 is 0 Å². The number of ether oxygens (including phenoxy) is 1. The first kappa shape index (κ1) is 17.8. The van der Waals surface area contributed by atoms with E-state index in [1.54, 1.807) is 56.2 Å². The number of nitrogens with zero attached hydrogens (tertiary/aromatic N) is 3. The third kappa shape index (κ3) is 3.35. The third-order valence-electron chi connectivity index (χ3n) is 3.95. The summed E-state index contributed by atoms with van der Waals surface area (Å²) in [5.41, 5.74) is 1.28. The van der Waals surface area contributed by atoms with Crippen molar-refractivity contribution in [2.45, 2.75) is 6.18 Å². The Balaban J connectivity index is 2.03. The molecule has 3 aromatic rings. The standard InChI is InChI=1S/C18H17F3N3O2/c1-22(2)17(25)26-14-6-4-5-12(9-14)15-11-24-10-13(18(19,20)21)7-8-16(24)23(15)3/h4-11H,1-3H3/q+1. The Kier molecular flexibility index (Phi) is 4.35. The first-order chi connectivity index (χ1) is 12.2. The molecule has 0 unspecified atom stereocenters. The van der Waals surface area contributed by atoms with Crippen molar-refractivity contribution in [3.8, 4) is 17.0 Å². The lowest BCUT2D eigenvalue weighted by Gasteiger charge is -2.10. The number of hydrogen-bond acceptors (Lipinski definition) is 2. The Morgan fingerprint density at radius 1 is 1.15 bits per heavy atom. The van der Waals surface area contributed by atoms with Crippen LogP contribution in [0.1, 0.15) is 5.56 Å². The Morgan fingerprint density at radius 2 is 1.88 bits per heavy atom. The largest absolute Gasteiger partial charge is 0.419 e. The molecule has 0 aliphatic heterocycles. The average Bonchev–Trinajstić information content (AvgIpc) is 2.90. The molecule has 3 rings (SSSR count). The lowest BCUT2D eigenvalue weighted by atomic mass is 10.1. The van der Waals surface area contributed by atoms with Gasteiger partial charge in [-0.05, 0) is 18.2 Å². The number of halogens is 3. The highest BCUT2D eigenvalue weighted by atomic mass is 19.4. The zero-order valence-corrected chi connectivity index (χ0v) is 14.4. The van der Waals surface area contributed by atoms with E-state index in [9.17, 15) is 18.0 Å². The van der Waals surface area contributed by atoms with Crippen molar-refractivity contribution in [3.05, 3.63) is 54.4 Å². The summed E-state index contributed by atoms with van der Waals surface area (Å²) in [5, 5.41) is 0. The van der Waals surface area contributed by atoms with E-state index in [0.29, 0.717) is 22.7 Å². The number of aryl methyl sites for hydroxylation is 1. The number of fused-ring (bicyclic) bond motifs is 1. The van der Waals surface area contributed by atoms with Gasteiger partial charge in [-0.1, -0.05) is 12.1 Å². The number of benzene rings is 1. The van der Waals surface area contributed by atoms with Gasteiger partial charge >= 0.3 is 12.3 Å². The highest BCUT2D eigenvalue weighted by molar-refractivity contribution is 5.71. The molecule has 5 nitrogen and oxygen atoms in total. The molecule has 0 N–H and O–H groups in total. The molecule has 0 bridgehead atoms. The Labute approximate surface area is 147 Å². The number of aromatic nitrogens is 2. The van der Waals surface area contributed by atoms with Gasteiger partial charge in [0.15, 0.2) is 5.69 Å². The minimum absolute atomic E-state index is 0.354. The lowest BCUT2D eigenvalue weighted by molar-refractivity contribution is -0.512. The predicted molar refractivity (Wildman–Crippen MR) is 88.7 cm³/mol. The topological polar surface area (TPSA) is 38.6 Å². The highest BCUT2D eigenvalue weighted by Gasteiger charge is 2.32. The van der Waals surface area contributed by atoms with E-state index in [1.165, 1.54) is 15.4 Å². The molecule has 0 aliphatic rings. The molecule has 2 aromatic heterocycles. The molecule has 136 valence electrons. The fraction of sp³-hybridized carbons (Fsp3) is 0.222. The molecule has 0 saturated carbocycles. The maximum Gasteiger partial charge on any atom is 0.419 e. The van der Waals surface area contributed by atoms with Gasteiger partial charge in [-0.15, -0.1) is 0 Å². The number of alkyl halides is 3. The van der Waals surface area contributed by atoms with Crippen LogP contribution in [0.2, 0.25) is 0 Å². The second kappa shape index (κ2) is 6.36. The molecule has 1 amide bonds. The van der Waals surface area contributed by atoms with Gasteiger partial charge < -0.3 is 9.64 Å². The van der Waals surface area contributed by atoms with Crippen LogP contribution in [0.15, 0.2) is 48.8 Å². The Hall–Kier alpha value is -3.03. The van der Waals surface area contributed by atoms with Crippen LogP contribution in [0.5, 0.6) is 5.75 Å². The molecule has 0 radical (unpaired) electrons. The molecule has 0 saturated heterocycles. The predicted octanol–water partition coefficient (Wildman–Crippen LogP) is 3.51. The summed E-state index contributed by atoms with van der Waals surface area (Å²) in [5.74, 6) is 0.354. The van der Waals surface area contributed by atoms with E-state index in [0.717, 1.165) is 12.3 Å². The van der Waals surface area contributed by atoms with Gasteiger partial charge in [-0.3, -0.25) is 0 Å². The van der Waals surface area contributed by atoms with Gasteiger partial charge in [0.1, 0.15) is 18.1 Å². The maximum absolute atomic E-state index is 12.9. The van der Waals surface area contributed by atoms with Gasteiger partial charge in [0.25, 0.3) is 5.65 Å². The van der Waals surface area contributed by atoms with E-state index in [4.69, 9.17) is 4.74 Å². The van der Waals surface area contributed by atoms with Crippen molar-refractivity contribution < 1.29 is 27.1 Å². The Morgan fingerprint density at radius 3 is 2.54 bits per heavy atom. The number of carbonyl (C=O) groups is 1. The minimum atomic E-state index is -4.41. The fourth-order valence-electron chi connectivity index (χ4n) is 2.59. The molecule has 0 fully saturated rings. The van der Waals surface area contributed by atoms with Crippen molar-refractivity contribution in [2.75, 3.05) is 14.1 Å². The SMILES string of the molecule is CN(C)C(=O)Oc1cccc(-c2c[n+]3cc(C(F)(F)F)ccc3n2C)c1. The summed E-state index contributed by atoms with van der Waals surface area (Å²) < 4.78 is 47.2. The molecule has 0 aliphatic carbocycles. The minimum Gasteiger partial charge on any atom is -0.410 e. The smallest absolute Gasteiger partial charge is 0.410 e. The third-order valence-corrected chi connectivity index (χ3v) is 3.95. The molecular formula is C18H17F3N3O2+. The zero-order valence-electron chi connectivity index (χ0n) is 14.4. The molecule has 8 heteroatoms. The molecular weight excluding hydrogens is 347 g/mol. The van der Waals surface area contributed by atoms with Crippen molar-refractivity contribution >= 4 is 11.7 Å². The van der Waals surface area contributed by atoms with Crippen LogP contribution in [0, 0.1) is 0 Å². The van der Waals surface area contributed by atoms with Gasteiger partial charge in [0.2, 0.25) is 0 Å². The number of amides is 1. The molecule has 0 spiro atoms. The van der Waals surface area contributed by atoms with Crippen molar-refractivity contribution in [1.82, 2.24) is 9.47 Å². The lowest BCUT2D eigenvalue weighted by Crippen LogP contribution is -2.25. The molecule has 2 heterocycles. The van der Waals surface area contributed by atoms with Crippen LogP contribution in [0.25, 0.3) is 16.9 Å². The second-order valence-electron chi connectivity index (χ2n) is 6.04. The quantitative estimate of drug-likeness (QED) is 0.653. The Bertz CT molecular complexity index is 977. The number of hydrogen-bond donors (Lipinski definition) is 0. The summed E-state index contributed by atoms with van der Waals surface area (Å²) in [6.07, 6.45) is -2.26. The number of imidazole rings is 1. The number of pyridine rings is 1. The monoisotopic (exact) mass is 364 g/mol. The summed E-state index contributed by atoms with van der Waals surface area (Å²) >= 11 is 0. The van der Waals surface area contributed by atoms with Crippen molar-refractivity contribution in [3.63, 3.8) is 0 Å². The summed E-state index contributed by atoms with van der Waals surface area (Å²) in [7, 11) is 4.91. The molecule has 26 heavy (non-hydrogen) atoms.